The maximum Gasteiger partial charge on any atom is 0.0716 e. The molecule has 28 heavy (non-hydrogen) atoms. The average Bonchev–Trinajstić information content (AvgIpc) is 2.75. The third-order valence-electron chi connectivity index (χ3n) is 7.14. The summed E-state index contributed by atoms with van der Waals surface area (Å²) in [5, 5.41) is 0. The molecule has 2 fully saturated rings. The summed E-state index contributed by atoms with van der Waals surface area (Å²) in [5.74, 6) is 3.63. The Hall–Kier alpha value is -1.34. The lowest BCUT2D eigenvalue weighted by atomic mass is 9.68. The summed E-state index contributed by atoms with van der Waals surface area (Å²) < 4.78 is 5.76. The largest absolute Gasteiger partial charge is 0.377 e. The zero-order valence-electron chi connectivity index (χ0n) is 18.0. The second-order valence-corrected chi connectivity index (χ2v) is 9.04. The summed E-state index contributed by atoms with van der Waals surface area (Å²) >= 11 is 0. The molecule has 3 rings (SSSR count). The van der Waals surface area contributed by atoms with Crippen molar-refractivity contribution in [3.05, 3.63) is 60.2 Å². The molecule has 0 heterocycles. The van der Waals surface area contributed by atoms with E-state index < -0.39 is 0 Å². The Balaban J connectivity index is 1.39. The monoisotopic (exact) mass is 380 g/mol. The van der Waals surface area contributed by atoms with E-state index in [0.29, 0.717) is 0 Å². The Kier molecular flexibility index (Phi) is 8.86. The highest BCUT2D eigenvalue weighted by Crippen LogP contribution is 2.44. The third-order valence-corrected chi connectivity index (χ3v) is 7.14. The van der Waals surface area contributed by atoms with E-state index in [1.165, 1.54) is 56.9 Å². The van der Waals surface area contributed by atoms with Crippen LogP contribution in [0.2, 0.25) is 0 Å². The van der Waals surface area contributed by atoms with E-state index in [-0.39, 0.29) is 0 Å². The van der Waals surface area contributed by atoms with Crippen LogP contribution in [0, 0.1) is 17.8 Å². The summed E-state index contributed by atoms with van der Waals surface area (Å²) in [6.07, 6.45) is 20.2. The second-order valence-electron chi connectivity index (χ2n) is 9.04. The fraction of sp³-hybridized carbons (Fsp3) is 0.630. The Bertz CT molecular complexity index is 583. The van der Waals surface area contributed by atoms with Gasteiger partial charge in [0, 0.05) is 6.61 Å². The lowest BCUT2D eigenvalue weighted by Crippen LogP contribution is -2.25. The Morgan fingerprint density at radius 3 is 2.18 bits per heavy atom. The topological polar surface area (TPSA) is 9.23 Å². The molecule has 0 amide bonds. The SMILES string of the molecule is C=CCCCOCc1ccc(C2CCC([C@H]3CC[C@H](/C=C/C)CC3)CC2)cc1. The van der Waals surface area contributed by atoms with Crippen LogP contribution in [0.5, 0.6) is 0 Å². The molecular weight excluding hydrogens is 340 g/mol. The van der Waals surface area contributed by atoms with Gasteiger partial charge in [-0.25, -0.2) is 0 Å². The van der Waals surface area contributed by atoms with Gasteiger partial charge in [0.1, 0.15) is 0 Å². The van der Waals surface area contributed by atoms with Gasteiger partial charge in [0.05, 0.1) is 6.61 Å². The van der Waals surface area contributed by atoms with E-state index in [1.807, 2.05) is 6.08 Å². The molecule has 0 aromatic heterocycles. The normalized spacial score (nSPS) is 28.5. The average molecular weight is 381 g/mol. The van der Waals surface area contributed by atoms with Crippen molar-refractivity contribution in [1.29, 1.82) is 0 Å². The van der Waals surface area contributed by atoms with E-state index in [1.54, 1.807) is 5.56 Å². The van der Waals surface area contributed by atoms with Gasteiger partial charge >= 0.3 is 0 Å². The fourth-order valence-corrected chi connectivity index (χ4v) is 5.41. The molecular formula is C27H40O. The molecule has 0 atom stereocenters. The van der Waals surface area contributed by atoms with Gasteiger partial charge in [0.25, 0.3) is 0 Å². The summed E-state index contributed by atoms with van der Waals surface area (Å²) in [5.41, 5.74) is 2.85. The predicted molar refractivity (Wildman–Crippen MR) is 120 cm³/mol. The molecule has 0 N–H and O–H groups in total. The summed E-state index contributed by atoms with van der Waals surface area (Å²) in [7, 11) is 0. The quantitative estimate of drug-likeness (QED) is 0.313. The van der Waals surface area contributed by atoms with Gasteiger partial charge in [-0.15, -0.1) is 6.58 Å². The third kappa shape index (κ3) is 6.34. The van der Waals surface area contributed by atoms with Crippen molar-refractivity contribution in [2.24, 2.45) is 17.8 Å². The molecule has 0 unspecified atom stereocenters. The first-order valence-corrected chi connectivity index (χ1v) is 11.7. The van der Waals surface area contributed by atoms with Gasteiger partial charge in [-0.2, -0.15) is 0 Å². The summed E-state index contributed by atoms with van der Waals surface area (Å²) in [4.78, 5) is 0. The lowest BCUT2D eigenvalue weighted by molar-refractivity contribution is 0.119. The molecule has 1 heteroatoms. The number of hydrogen-bond acceptors (Lipinski definition) is 1. The first-order chi connectivity index (χ1) is 13.8. The minimum absolute atomic E-state index is 0.736. The van der Waals surface area contributed by atoms with Crippen LogP contribution in [0.1, 0.15) is 88.2 Å². The smallest absolute Gasteiger partial charge is 0.0716 e. The highest BCUT2D eigenvalue weighted by molar-refractivity contribution is 5.25. The van der Waals surface area contributed by atoms with Gasteiger partial charge in [-0.1, -0.05) is 42.5 Å². The first-order valence-electron chi connectivity index (χ1n) is 11.7. The second kappa shape index (κ2) is 11.6. The molecule has 0 spiro atoms. The van der Waals surface area contributed by atoms with E-state index in [4.69, 9.17) is 4.74 Å². The van der Waals surface area contributed by atoms with Crippen LogP contribution < -0.4 is 0 Å². The van der Waals surface area contributed by atoms with E-state index >= 15 is 0 Å². The van der Waals surface area contributed by atoms with Crippen LogP contribution in [-0.4, -0.2) is 6.61 Å². The summed E-state index contributed by atoms with van der Waals surface area (Å²) in [6, 6.07) is 9.26. The van der Waals surface area contributed by atoms with Gasteiger partial charge < -0.3 is 4.74 Å². The maximum atomic E-state index is 5.76. The molecule has 1 aromatic carbocycles. The Morgan fingerprint density at radius 1 is 0.929 bits per heavy atom. The van der Waals surface area contributed by atoms with Crippen molar-refractivity contribution in [3.63, 3.8) is 0 Å². The number of ether oxygens (including phenoxy) is 1. The van der Waals surface area contributed by atoms with Gasteiger partial charge in [0.15, 0.2) is 0 Å². The van der Waals surface area contributed by atoms with Crippen molar-refractivity contribution in [2.45, 2.75) is 83.7 Å². The Labute approximate surface area is 173 Å². The Morgan fingerprint density at radius 2 is 1.57 bits per heavy atom. The first kappa shape index (κ1) is 21.4. The van der Waals surface area contributed by atoms with Gasteiger partial charge in [-0.3, -0.25) is 0 Å². The molecule has 2 saturated carbocycles. The van der Waals surface area contributed by atoms with Crippen LogP contribution in [0.4, 0.5) is 0 Å². The molecule has 0 saturated heterocycles. The number of benzene rings is 1. The van der Waals surface area contributed by atoms with Crippen LogP contribution in [0.3, 0.4) is 0 Å². The van der Waals surface area contributed by atoms with Gasteiger partial charge in [-0.05, 0) is 106 Å². The van der Waals surface area contributed by atoms with E-state index in [9.17, 15) is 0 Å². The van der Waals surface area contributed by atoms with E-state index in [0.717, 1.165) is 49.7 Å². The lowest BCUT2D eigenvalue weighted by Gasteiger charge is -2.37. The zero-order chi connectivity index (χ0) is 19.6. The molecule has 0 aliphatic heterocycles. The van der Waals surface area contributed by atoms with Crippen molar-refractivity contribution < 1.29 is 4.74 Å². The van der Waals surface area contributed by atoms with Gasteiger partial charge in [0.2, 0.25) is 0 Å². The fourth-order valence-electron chi connectivity index (χ4n) is 5.41. The molecule has 0 bridgehead atoms. The molecule has 154 valence electrons. The number of rotatable bonds is 9. The highest BCUT2D eigenvalue weighted by atomic mass is 16.5. The zero-order valence-corrected chi connectivity index (χ0v) is 18.0. The minimum atomic E-state index is 0.736. The van der Waals surface area contributed by atoms with Crippen LogP contribution >= 0.6 is 0 Å². The van der Waals surface area contributed by atoms with Crippen LogP contribution in [0.15, 0.2) is 49.1 Å². The standard InChI is InChI=1S/C27H40O/c1-3-5-6-20-28-21-23-10-14-25(15-11-23)27-18-16-26(17-19-27)24-12-8-22(7-4-2)9-13-24/h3-4,7,10-11,14-15,22,24,26-27H,1,5-6,8-9,12-13,16-21H2,2H3/b7-4+/t22-,24-,26?,27?. The molecule has 1 aromatic rings. The number of allylic oxidation sites excluding steroid dienone is 3. The summed E-state index contributed by atoms with van der Waals surface area (Å²) in [6.45, 7) is 7.48. The highest BCUT2D eigenvalue weighted by Gasteiger charge is 2.30. The predicted octanol–water partition coefficient (Wildman–Crippen LogP) is 7.83. The van der Waals surface area contributed by atoms with Crippen LogP contribution in [0.25, 0.3) is 0 Å². The van der Waals surface area contributed by atoms with Crippen molar-refractivity contribution in [3.8, 4) is 0 Å². The maximum absolute atomic E-state index is 5.76. The molecule has 1 nitrogen and oxygen atoms in total. The molecule has 2 aliphatic rings. The van der Waals surface area contributed by atoms with Crippen molar-refractivity contribution in [2.75, 3.05) is 6.61 Å². The van der Waals surface area contributed by atoms with E-state index in [2.05, 4.69) is 49.9 Å². The van der Waals surface area contributed by atoms with Crippen LogP contribution in [-0.2, 0) is 11.3 Å². The minimum Gasteiger partial charge on any atom is -0.377 e. The molecule has 2 aliphatic carbocycles. The van der Waals surface area contributed by atoms with Crippen molar-refractivity contribution in [1.82, 2.24) is 0 Å². The molecule has 0 radical (unpaired) electrons. The van der Waals surface area contributed by atoms with Crippen molar-refractivity contribution >= 4 is 0 Å². The number of hydrogen-bond donors (Lipinski definition) is 0. The number of unbranched alkanes of at least 4 members (excludes halogenated alkanes) is 1.